The summed E-state index contributed by atoms with van der Waals surface area (Å²) in [4.78, 5) is 20.3. The van der Waals surface area contributed by atoms with E-state index in [0.717, 1.165) is 25.0 Å². The summed E-state index contributed by atoms with van der Waals surface area (Å²) in [7, 11) is 0. The first-order valence-electron chi connectivity index (χ1n) is 7.61. The standard InChI is InChI=1S/C17H17F2N3O3/c1-2-3-8-24-11-9-12(18)15(13(19)10-11)17(23)25-22-16(20)14-6-4-5-7-21-14/h4-7,9-10H,2-3,8H2,1H3,(H2,20,22). The third kappa shape index (κ3) is 4.97. The summed E-state index contributed by atoms with van der Waals surface area (Å²) < 4.78 is 33.2. The summed E-state index contributed by atoms with van der Waals surface area (Å²) in [6.07, 6.45) is 3.09. The Morgan fingerprint density at radius 3 is 2.60 bits per heavy atom. The van der Waals surface area contributed by atoms with Gasteiger partial charge in [-0.05, 0) is 18.6 Å². The number of hydrogen-bond donors (Lipinski definition) is 1. The normalized spacial score (nSPS) is 11.2. The molecule has 0 bridgehead atoms. The van der Waals surface area contributed by atoms with Crippen molar-refractivity contribution in [1.29, 1.82) is 0 Å². The quantitative estimate of drug-likeness (QED) is 0.273. The number of pyridine rings is 1. The van der Waals surface area contributed by atoms with Crippen molar-refractivity contribution in [3.05, 3.63) is 59.4 Å². The molecule has 0 saturated heterocycles. The highest BCUT2D eigenvalue weighted by Crippen LogP contribution is 2.22. The van der Waals surface area contributed by atoms with Crippen LogP contribution < -0.4 is 10.5 Å². The van der Waals surface area contributed by atoms with Gasteiger partial charge in [-0.15, -0.1) is 0 Å². The number of benzene rings is 1. The topological polar surface area (TPSA) is 86.8 Å². The molecule has 2 aromatic rings. The van der Waals surface area contributed by atoms with Gasteiger partial charge in [0, 0.05) is 18.3 Å². The molecule has 2 N–H and O–H groups in total. The Kier molecular flexibility index (Phi) is 6.39. The van der Waals surface area contributed by atoms with Crippen LogP contribution in [0.5, 0.6) is 5.75 Å². The van der Waals surface area contributed by atoms with Gasteiger partial charge in [-0.25, -0.2) is 13.6 Å². The molecule has 132 valence electrons. The summed E-state index contributed by atoms with van der Waals surface area (Å²) >= 11 is 0. The van der Waals surface area contributed by atoms with E-state index in [2.05, 4.69) is 15.0 Å². The van der Waals surface area contributed by atoms with Crippen molar-refractivity contribution < 1.29 is 23.1 Å². The van der Waals surface area contributed by atoms with Gasteiger partial charge < -0.3 is 15.3 Å². The Balaban J connectivity index is 2.11. The van der Waals surface area contributed by atoms with E-state index >= 15 is 0 Å². The van der Waals surface area contributed by atoms with E-state index in [9.17, 15) is 13.6 Å². The lowest BCUT2D eigenvalue weighted by Gasteiger charge is -2.08. The fraction of sp³-hybridized carbons (Fsp3) is 0.235. The first-order valence-corrected chi connectivity index (χ1v) is 7.61. The van der Waals surface area contributed by atoms with Crippen LogP contribution >= 0.6 is 0 Å². The maximum absolute atomic E-state index is 14.0. The Hall–Kier alpha value is -3.03. The number of carbonyl (C=O) groups excluding carboxylic acids is 1. The molecular formula is C17H17F2N3O3. The minimum atomic E-state index is -1.31. The van der Waals surface area contributed by atoms with Gasteiger partial charge in [0.1, 0.15) is 28.6 Å². The van der Waals surface area contributed by atoms with Gasteiger partial charge in [0.2, 0.25) is 0 Å². The number of rotatable bonds is 7. The smallest absolute Gasteiger partial charge is 0.371 e. The molecule has 1 aromatic carbocycles. The van der Waals surface area contributed by atoms with Crippen LogP contribution in [-0.2, 0) is 4.84 Å². The van der Waals surface area contributed by atoms with Crippen LogP contribution in [0.3, 0.4) is 0 Å². The zero-order valence-electron chi connectivity index (χ0n) is 13.5. The molecule has 2 rings (SSSR count). The lowest BCUT2D eigenvalue weighted by molar-refractivity contribution is 0.0504. The molecule has 0 unspecified atom stereocenters. The molecule has 0 aliphatic heterocycles. The molecule has 25 heavy (non-hydrogen) atoms. The van der Waals surface area contributed by atoms with Crippen LogP contribution in [-0.4, -0.2) is 23.4 Å². The van der Waals surface area contributed by atoms with E-state index in [1.165, 1.54) is 12.3 Å². The van der Waals surface area contributed by atoms with Gasteiger partial charge in [-0.2, -0.15) is 0 Å². The monoisotopic (exact) mass is 349 g/mol. The van der Waals surface area contributed by atoms with Crippen LogP contribution in [0.1, 0.15) is 35.8 Å². The zero-order chi connectivity index (χ0) is 18.2. The Morgan fingerprint density at radius 2 is 2.00 bits per heavy atom. The van der Waals surface area contributed by atoms with E-state index in [0.29, 0.717) is 6.61 Å². The third-order valence-electron chi connectivity index (χ3n) is 3.14. The predicted molar refractivity (Wildman–Crippen MR) is 87.1 cm³/mol. The fourth-order valence-corrected chi connectivity index (χ4v) is 1.86. The molecule has 0 spiro atoms. The van der Waals surface area contributed by atoms with Gasteiger partial charge in [-0.1, -0.05) is 24.6 Å². The molecule has 0 aliphatic rings. The highest BCUT2D eigenvalue weighted by Gasteiger charge is 2.21. The SMILES string of the molecule is CCCCOc1cc(F)c(C(=O)O/N=C(\N)c2ccccn2)c(F)c1. The van der Waals surface area contributed by atoms with E-state index in [1.54, 1.807) is 12.1 Å². The second-order valence-corrected chi connectivity index (χ2v) is 5.03. The number of amidine groups is 1. The number of halogens is 2. The number of nitrogens with two attached hydrogens (primary N) is 1. The minimum absolute atomic E-state index is 0.00324. The van der Waals surface area contributed by atoms with Crippen molar-refractivity contribution in [3.8, 4) is 5.75 Å². The molecule has 0 amide bonds. The molecule has 0 radical (unpaired) electrons. The van der Waals surface area contributed by atoms with Crippen molar-refractivity contribution in [2.75, 3.05) is 6.61 Å². The first-order chi connectivity index (χ1) is 12.0. The number of nitrogens with zero attached hydrogens (tertiary/aromatic N) is 2. The largest absolute Gasteiger partial charge is 0.493 e. The Bertz CT molecular complexity index is 744. The maximum Gasteiger partial charge on any atom is 0.371 e. The molecule has 0 fully saturated rings. The lowest BCUT2D eigenvalue weighted by Crippen LogP contribution is -2.17. The average Bonchev–Trinajstić information content (AvgIpc) is 2.60. The van der Waals surface area contributed by atoms with Gasteiger partial charge in [0.15, 0.2) is 5.84 Å². The van der Waals surface area contributed by atoms with E-state index in [-0.39, 0.29) is 17.3 Å². The Morgan fingerprint density at radius 1 is 1.28 bits per heavy atom. The van der Waals surface area contributed by atoms with Crippen LogP contribution in [0.4, 0.5) is 8.78 Å². The Labute approximate surface area is 143 Å². The third-order valence-corrected chi connectivity index (χ3v) is 3.14. The summed E-state index contributed by atoms with van der Waals surface area (Å²) in [5, 5.41) is 3.35. The second-order valence-electron chi connectivity index (χ2n) is 5.03. The number of aromatic nitrogens is 1. The first kappa shape index (κ1) is 18.3. The predicted octanol–water partition coefficient (Wildman–Crippen LogP) is 3.02. The molecule has 0 atom stereocenters. The van der Waals surface area contributed by atoms with Crippen molar-refractivity contribution in [3.63, 3.8) is 0 Å². The average molecular weight is 349 g/mol. The zero-order valence-corrected chi connectivity index (χ0v) is 13.5. The van der Waals surface area contributed by atoms with Crippen LogP contribution in [0.25, 0.3) is 0 Å². The van der Waals surface area contributed by atoms with Crippen LogP contribution in [0, 0.1) is 11.6 Å². The number of ether oxygens (including phenoxy) is 1. The van der Waals surface area contributed by atoms with Gasteiger partial charge in [-0.3, -0.25) is 4.98 Å². The summed E-state index contributed by atoms with van der Waals surface area (Å²) in [5.41, 5.74) is 4.98. The number of oxime groups is 1. The molecule has 8 heteroatoms. The number of hydrogen-bond acceptors (Lipinski definition) is 5. The summed E-state index contributed by atoms with van der Waals surface area (Å²) in [6.45, 7) is 2.28. The van der Waals surface area contributed by atoms with Crippen molar-refractivity contribution in [2.45, 2.75) is 19.8 Å². The molecule has 0 aliphatic carbocycles. The minimum Gasteiger partial charge on any atom is -0.493 e. The van der Waals surface area contributed by atoms with Crippen molar-refractivity contribution >= 4 is 11.8 Å². The van der Waals surface area contributed by atoms with E-state index in [1.807, 2.05) is 6.92 Å². The van der Waals surface area contributed by atoms with Crippen molar-refractivity contribution in [2.24, 2.45) is 10.9 Å². The number of carbonyl (C=O) groups is 1. The van der Waals surface area contributed by atoms with Gasteiger partial charge in [0.25, 0.3) is 0 Å². The summed E-state index contributed by atoms with van der Waals surface area (Å²) in [5.74, 6) is -3.73. The van der Waals surface area contributed by atoms with E-state index < -0.39 is 23.2 Å². The highest BCUT2D eigenvalue weighted by molar-refractivity contribution is 5.96. The molecular weight excluding hydrogens is 332 g/mol. The van der Waals surface area contributed by atoms with Crippen LogP contribution in [0.2, 0.25) is 0 Å². The lowest BCUT2D eigenvalue weighted by atomic mass is 10.2. The molecule has 1 heterocycles. The highest BCUT2D eigenvalue weighted by atomic mass is 19.1. The number of unbranched alkanes of at least 4 members (excludes halogenated alkanes) is 1. The summed E-state index contributed by atoms with van der Waals surface area (Å²) in [6, 6.07) is 6.69. The van der Waals surface area contributed by atoms with Gasteiger partial charge in [0.05, 0.1) is 6.61 Å². The molecule has 6 nitrogen and oxygen atoms in total. The molecule has 0 saturated carbocycles. The fourth-order valence-electron chi connectivity index (χ4n) is 1.86. The second kappa shape index (κ2) is 8.72. The van der Waals surface area contributed by atoms with E-state index in [4.69, 9.17) is 10.5 Å². The van der Waals surface area contributed by atoms with Crippen molar-refractivity contribution in [1.82, 2.24) is 4.98 Å². The van der Waals surface area contributed by atoms with Crippen LogP contribution in [0.15, 0.2) is 41.7 Å². The molecule has 1 aromatic heterocycles. The maximum atomic E-state index is 14.0. The van der Waals surface area contributed by atoms with Gasteiger partial charge >= 0.3 is 5.97 Å².